The van der Waals surface area contributed by atoms with E-state index in [1.165, 1.54) is 4.90 Å². The van der Waals surface area contributed by atoms with Crippen LogP contribution in [0.5, 0.6) is 0 Å². The molecule has 1 aliphatic rings. The number of imide groups is 1. The van der Waals surface area contributed by atoms with Gasteiger partial charge in [0.1, 0.15) is 0 Å². The van der Waals surface area contributed by atoms with Gasteiger partial charge in [-0.1, -0.05) is 11.6 Å². The first-order valence-corrected chi connectivity index (χ1v) is 7.62. The van der Waals surface area contributed by atoms with Crippen LogP contribution >= 0.6 is 23.4 Å². The van der Waals surface area contributed by atoms with Crippen LogP contribution in [0.4, 0.5) is 4.79 Å². The minimum Gasteiger partial charge on any atom is -0.351 e. The molecule has 108 valence electrons. The molecule has 0 saturated carbocycles. The molecule has 0 aliphatic carbocycles. The van der Waals surface area contributed by atoms with Crippen LogP contribution in [0.2, 0.25) is 5.02 Å². The minimum atomic E-state index is -0.841. The number of carbonyl (C=O) groups is 2. The van der Waals surface area contributed by atoms with Crippen molar-refractivity contribution in [1.82, 2.24) is 10.6 Å². The van der Waals surface area contributed by atoms with Crippen molar-refractivity contribution in [3.05, 3.63) is 28.8 Å². The van der Waals surface area contributed by atoms with Gasteiger partial charge in [-0.15, -0.1) is 11.8 Å². The van der Waals surface area contributed by atoms with Crippen molar-refractivity contribution in [1.29, 1.82) is 0 Å². The Hall–Kier alpha value is -1.24. The summed E-state index contributed by atoms with van der Waals surface area (Å²) in [7, 11) is 0. The van der Waals surface area contributed by atoms with E-state index in [1.54, 1.807) is 18.7 Å². The molecule has 7 heteroatoms. The molecule has 2 rings (SSSR count). The van der Waals surface area contributed by atoms with Crippen molar-refractivity contribution < 1.29 is 9.59 Å². The first-order valence-electron chi connectivity index (χ1n) is 6.26. The highest BCUT2D eigenvalue weighted by Crippen LogP contribution is 2.37. The zero-order chi connectivity index (χ0) is 14.7. The molecule has 1 aromatic carbocycles. The molecule has 20 heavy (non-hydrogen) atoms. The lowest BCUT2D eigenvalue weighted by atomic mass is 10.0. The molecule has 0 spiro atoms. The zero-order valence-electron chi connectivity index (χ0n) is 11.0. The highest BCUT2D eigenvalue weighted by molar-refractivity contribution is 7.99. The van der Waals surface area contributed by atoms with Crippen molar-refractivity contribution in [3.8, 4) is 0 Å². The number of hydrogen-bond acceptors (Lipinski definition) is 4. The molecule has 0 saturated heterocycles. The number of amides is 3. The van der Waals surface area contributed by atoms with Crippen molar-refractivity contribution >= 4 is 35.3 Å². The summed E-state index contributed by atoms with van der Waals surface area (Å²) in [5.41, 5.74) is 6.03. The molecule has 0 bridgehead atoms. The third kappa shape index (κ3) is 3.65. The molecule has 3 amide bonds. The predicted octanol–water partition coefficient (Wildman–Crippen LogP) is 2.05. The highest BCUT2D eigenvalue weighted by atomic mass is 35.5. The lowest BCUT2D eigenvalue weighted by Crippen LogP contribution is -2.47. The molecule has 1 aromatic rings. The van der Waals surface area contributed by atoms with Gasteiger partial charge in [0.15, 0.2) is 0 Å². The van der Waals surface area contributed by atoms with E-state index in [2.05, 4.69) is 10.6 Å². The number of primary amides is 1. The number of urea groups is 1. The Balaban J connectivity index is 2.10. The molecule has 0 unspecified atom stereocenters. The summed E-state index contributed by atoms with van der Waals surface area (Å²) < 4.78 is 0. The van der Waals surface area contributed by atoms with Gasteiger partial charge >= 0.3 is 6.03 Å². The maximum absolute atomic E-state index is 11.7. The molecule has 0 aromatic heterocycles. The van der Waals surface area contributed by atoms with Gasteiger partial charge in [-0.3, -0.25) is 15.4 Å². The second kappa shape index (κ2) is 6.47. The summed E-state index contributed by atoms with van der Waals surface area (Å²) in [4.78, 5) is 23.6. The Kier molecular flexibility index (Phi) is 4.91. The maximum atomic E-state index is 11.7. The number of benzene rings is 1. The molecular weight excluding hydrogens is 298 g/mol. The number of nitrogens with two attached hydrogens (primary N) is 1. The largest absolute Gasteiger partial charge is 0.351 e. The van der Waals surface area contributed by atoms with Crippen LogP contribution in [0.25, 0.3) is 0 Å². The van der Waals surface area contributed by atoms with Crippen molar-refractivity contribution in [2.75, 3.05) is 5.75 Å². The number of halogens is 1. The van der Waals surface area contributed by atoms with E-state index < -0.39 is 18.0 Å². The number of nitrogens with one attached hydrogen (secondary N) is 2. The third-order valence-electron chi connectivity index (χ3n) is 3.10. The van der Waals surface area contributed by atoms with Crippen LogP contribution in [-0.4, -0.2) is 23.7 Å². The SMILES string of the molecule is C[C@@H](N[C@H]1CCSc2ccc(Cl)cc21)C(=O)NC(N)=O. The summed E-state index contributed by atoms with van der Waals surface area (Å²) in [5.74, 6) is 0.538. The third-order valence-corrected chi connectivity index (χ3v) is 4.46. The molecule has 4 N–H and O–H groups in total. The van der Waals surface area contributed by atoms with Gasteiger partial charge in [0.2, 0.25) is 5.91 Å². The molecule has 0 fully saturated rings. The monoisotopic (exact) mass is 313 g/mol. The molecular formula is C13H16ClN3O2S. The normalized spacial score (nSPS) is 19.0. The van der Waals surface area contributed by atoms with E-state index in [1.807, 2.05) is 18.2 Å². The first kappa shape index (κ1) is 15.2. The van der Waals surface area contributed by atoms with E-state index in [4.69, 9.17) is 17.3 Å². The molecule has 0 radical (unpaired) electrons. The fraction of sp³-hybridized carbons (Fsp3) is 0.385. The van der Waals surface area contributed by atoms with Crippen LogP contribution in [0.3, 0.4) is 0 Å². The van der Waals surface area contributed by atoms with E-state index in [9.17, 15) is 9.59 Å². The summed E-state index contributed by atoms with van der Waals surface area (Å²) >= 11 is 7.81. The lowest BCUT2D eigenvalue weighted by Gasteiger charge is -2.28. The van der Waals surface area contributed by atoms with Crippen molar-refractivity contribution in [2.24, 2.45) is 5.73 Å². The Morgan fingerprint density at radius 3 is 2.95 bits per heavy atom. The quantitative estimate of drug-likeness (QED) is 0.797. The second-order valence-corrected chi connectivity index (χ2v) is 6.19. The average Bonchev–Trinajstić information content (AvgIpc) is 2.38. The van der Waals surface area contributed by atoms with Gasteiger partial charge in [-0.05, 0) is 42.9 Å². The van der Waals surface area contributed by atoms with Gasteiger partial charge in [0, 0.05) is 16.0 Å². The van der Waals surface area contributed by atoms with E-state index >= 15 is 0 Å². The van der Waals surface area contributed by atoms with Crippen molar-refractivity contribution in [2.45, 2.75) is 30.3 Å². The standard InChI is InChI=1S/C13H16ClN3O2S/c1-7(12(18)17-13(15)19)16-10-4-5-20-11-3-2-8(14)6-9(10)11/h2-3,6-7,10,16H,4-5H2,1H3,(H3,15,17,18,19)/t7-,10+/m1/s1. The lowest BCUT2D eigenvalue weighted by molar-refractivity contribution is -0.121. The summed E-state index contributed by atoms with van der Waals surface area (Å²) in [6, 6.07) is 4.45. The van der Waals surface area contributed by atoms with Gasteiger partial charge in [0.25, 0.3) is 0 Å². The first-order chi connectivity index (χ1) is 9.47. The Morgan fingerprint density at radius 1 is 1.50 bits per heavy atom. The summed E-state index contributed by atoms with van der Waals surface area (Å²) in [6.45, 7) is 1.70. The summed E-state index contributed by atoms with van der Waals surface area (Å²) in [5, 5.41) is 5.96. The van der Waals surface area contributed by atoms with Crippen LogP contribution in [0.15, 0.2) is 23.1 Å². The predicted molar refractivity (Wildman–Crippen MR) is 79.9 cm³/mol. The Labute approximate surface area is 126 Å². The van der Waals surface area contributed by atoms with E-state index in [0.29, 0.717) is 5.02 Å². The van der Waals surface area contributed by atoms with Crippen LogP contribution in [0.1, 0.15) is 24.9 Å². The number of fused-ring (bicyclic) bond motifs is 1. The van der Waals surface area contributed by atoms with Gasteiger partial charge in [-0.2, -0.15) is 0 Å². The number of carbonyl (C=O) groups excluding carboxylic acids is 2. The Bertz CT molecular complexity index is 538. The van der Waals surface area contributed by atoms with Gasteiger partial charge < -0.3 is 5.73 Å². The number of thioether (sulfide) groups is 1. The van der Waals surface area contributed by atoms with Gasteiger partial charge in [0.05, 0.1) is 6.04 Å². The average molecular weight is 314 g/mol. The second-order valence-electron chi connectivity index (χ2n) is 4.61. The number of hydrogen-bond donors (Lipinski definition) is 3. The molecule has 2 atom stereocenters. The van der Waals surface area contributed by atoms with Crippen LogP contribution in [-0.2, 0) is 4.79 Å². The molecule has 5 nitrogen and oxygen atoms in total. The fourth-order valence-electron chi connectivity index (χ4n) is 2.15. The van der Waals surface area contributed by atoms with E-state index in [0.717, 1.165) is 17.7 Å². The topological polar surface area (TPSA) is 84.2 Å². The van der Waals surface area contributed by atoms with E-state index in [-0.39, 0.29) is 6.04 Å². The summed E-state index contributed by atoms with van der Waals surface area (Å²) in [6.07, 6.45) is 0.895. The van der Waals surface area contributed by atoms with Crippen LogP contribution in [0, 0.1) is 0 Å². The molecule has 1 aliphatic heterocycles. The highest BCUT2D eigenvalue weighted by Gasteiger charge is 2.25. The van der Waals surface area contributed by atoms with Crippen molar-refractivity contribution in [3.63, 3.8) is 0 Å². The maximum Gasteiger partial charge on any atom is 0.318 e. The van der Waals surface area contributed by atoms with Gasteiger partial charge in [-0.25, -0.2) is 4.79 Å². The zero-order valence-corrected chi connectivity index (χ0v) is 12.6. The smallest absolute Gasteiger partial charge is 0.318 e. The Morgan fingerprint density at radius 2 is 2.25 bits per heavy atom. The minimum absolute atomic E-state index is 0.0403. The van der Waals surface area contributed by atoms with Crippen LogP contribution < -0.4 is 16.4 Å². The fourth-order valence-corrected chi connectivity index (χ4v) is 3.43. The molecule has 1 heterocycles. The number of rotatable bonds is 3.